The van der Waals surface area contributed by atoms with Crippen LogP contribution in [0.25, 0.3) is 0 Å². The highest BCUT2D eigenvalue weighted by Crippen LogP contribution is 2.22. The van der Waals surface area contributed by atoms with Gasteiger partial charge < -0.3 is 5.32 Å². The first-order chi connectivity index (χ1) is 9.86. The van der Waals surface area contributed by atoms with E-state index in [0.717, 1.165) is 0 Å². The minimum Gasteiger partial charge on any atom is -0.320 e. The predicted octanol–water partition coefficient (Wildman–Crippen LogP) is 3.97. The first-order valence-corrected chi connectivity index (χ1v) is 6.93. The van der Waals surface area contributed by atoms with Gasteiger partial charge in [0.15, 0.2) is 0 Å². The molecule has 1 aromatic heterocycles. The number of amides is 1. The number of hydrogen-bond donors (Lipinski definition) is 1. The van der Waals surface area contributed by atoms with Crippen LogP contribution in [-0.2, 0) is 0 Å². The maximum Gasteiger partial charge on any atom is 0.271 e. The molecule has 1 N–H and O–H groups in total. The van der Waals surface area contributed by atoms with E-state index in [1.54, 1.807) is 19.1 Å². The summed E-state index contributed by atoms with van der Waals surface area (Å²) in [6.45, 7) is 1.74. The number of pyridine rings is 1. The third-order valence-electron chi connectivity index (χ3n) is 2.66. The highest BCUT2D eigenvalue weighted by Gasteiger charge is 2.15. The normalized spacial score (nSPS) is 10.2. The van der Waals surface area contributed by atoms with Crippen LogP contribution in [0.4, 0.5) is 11.4 Å². The van der Waals surface area contributed by atoms with Crippen LogP contribution in [-0.4, -0.2) is 15.8 Å². The zero-order valence-corrected chi connectivity index (χ0v) is 13.1. The van der Waals surface area contributed by atoms with Gasteiger partial charge in [0.1, 0.15) is 4.60 Å². The molecule has 0 aliphatic carbocycles. The molecule has 0 radical (unpaired) electrons. The molecule has 2 rings (SSSR count). The van der Waals surface area contributed by atoms with Gasteiger partial charge in [-0.3, -0.25) is 14.9 Å². The fourth-order valence-electron chi connectivity index (χ4n) is 1.67. The zero-order chi connectivity index (χ0) is 15.6. The van der Waals surface area contributed by atoms with E-state index in [4.69, 9.17) is 11.6 Å². The SMILES string of the molecule is Cc1nc(Br)ccc1NC(=O)c1cc(Cl)cc([N+](=O)[O-])c1. The zero-order valence-electron chi connectivity index (χ0n) is 10.8. The Balaban J connectivity index is 2.30. The number of nitro benzene ring substituents is 1. The second-order valence-electron chi connectivity index (χ2n) is 4.18. The largest absolute Gasteiger partial charge is 0.320 e. The maximum absolute atomic E-state index is 12.1. The van der Waals surface area contributed by atoms with Crippen molar-refractivity contribution < 1.29 is 9.72 Å². The Bertz CT molecular complexity index is 737. The highest BCUT2D eigenvalue weighted by atomic mass is 79.9. The number of hydrogen-bond acceptors (Lipinski definition) is 4. The van der Waals surface area contributed by atoms with Crippen LogP contribution in [0.3, 0.4) is 0 Å². The van der Waals surface area contributed by atoms with Crippen molar-refractivity contribution in [2.75, 3.05) is 5.32 Å². The third kappa shape index (κ3) is 3.77. The molecule has 0 saturated heterocycles. The van der Waals surface area contributed by atoms with E-state index >= 15 is 0 Å². The molecule has 1 aromatic carbocycles. The average molecular weight is 371 g/mol. The molecular formula is C13H9BrClN3O3. The fraction of sp³-hybridized carbons (Fsp3) is 0.0769. The van der Waals surface area contributed by atoms with Crippen LogP contribution in [0, 0.1) is 17.0 Å². The summed E-state index contributed by atoms with van der Waals surface area (Å²) in [5.74, 6) is -0.493. The number of benzene rings is 1. The molecule has 1 heterocycles. The number of nitrogens with zero attached hydrogens (tertiary/aromatic N) is 2. The van der Waals surface area contributed by atoms with Gasteiger partial charge in [-0.05, 0) is 41.1 Å². The lowest BCUT2D eigenvalue weighted by Crippen LogP contribution is -2.13. The fourth-order valence-corrected chi connectivity index (χ4v) is 2.30. The number of anilines is 1. The van der Waals surface area contributed by atoms with Crippen LogP contribution in [0.2, 0.25) is 5.02 Å². The molecule has 0 aliphatic heterocycles. The summed E-state index contributed by atoms with van der Waals surface area (Å²) in [7, 11) is 0. The number of nitrogens with one attached hydrogen (secondary N) is 1. The lowest BCUT2D eigenvalue weighted by molar-refractivity contribution is -0.384. The van der Waals surface area contributed by atoms with Gasteiger partial charge in [-0.1, -0.05) is 11.6 Å². The Morgan fingerprint density at radius 2 is 2.10 bits per heavy atom. The van der Waals surface area contributed by atoms with Crippen molar-refractivity contribution in [3.8, 4) is 0 Å². The van der Waals surface area contributed by atoms with Gasteiger partial charge in [0.2, 0.25) is 0 Å². The second kappa shape index (κ2) is 6.19. The van der Waals surface area contributed by atoms with Crippen LogP contribution in [0.1, 0.15) is 16.1 Å². The average Bonchev–Trinajstić information content (AvgIpc) is 2.41. The van der Waals surface area contributed by atoms with Crippen molar-refractivity contribution in [1.29, 1.82) is 0 Å². The summed E-state index contributed by atoms with van der Waals surface area (Å²) >= 11 is 9.02. The second-order valence-corrected chi connectivity index (χ2v) is 5.43. The van der Waals surface area contributed by atoms with Crippen LogP contribution < -0.4 is 5.32 Å². The Labute approximate surface area is 133 Å². The minimum absolute atomic E-state index is 0.108. The van der Waals surface area contributed by atoms with Crippen molar-refractivity contribution in [2.45, 2.75) is 6.92 Å². The van der Waals surface area contributed by atoms with E-state index in [9.17, 15) is 14.9 Å². The van der Waals surface area contributed by atoms with Crippen molar-refractivity contribution in [2.24, 2.45) is 0 Å². The van der Waals surface area contributed by atoms with Crippen molar-refractivity contribution >= 4 is 44.8 Å². The summed E-state index contributed by atoms with van der Waals surface area (Å²) in [5.41, 5.74) is 1.01. The van der Waals surface area contributed by atoms with E-state index in [2.05, 4.69) is 26.2 Å². The molecule has 108 valence electrons. The molecule has 0 aliphatic rings. The van der Waals surface area contributed by atoms with E-state index < -0.39 is 10.8 Å². The standard InChI is InChI=1S/C13H9BrClN3O3/c1-7-11(2-3-12(14)16-7)17-13(19)8-4-9(15)6-10(5-8)18(20)21/h2-6H,1H3,(H,17,19). The lowest BCUT2D eigenvalue weighted by atomic mass is 10.2. The molecule has 0 atom stereocenters. The molecule has 1 amide bonds. The molecular weight excluding hydrogens is 362 g/mol. The number of nitro groups is 1. The van der Waals surface area contributed by atoms with Gasteiger partial charge in [-0.15, -0.1) is 0 Å². The number of halogens is 2. The lowest BCUT2D eigenvalue weighted by Gasteiger charge is -2.08. The Morgan fingerprint density at radius 3 is 2.71 bits per heavy atom. The first-order valence-electron chi connectivity index (χ1n) is 5.76. The molecule has 0 saturated carbocycles. The summed E-state index contributed by atoms with van der Waals surface area (Å²) in [5, 5.41) is 13.5. The Kier molecular flexibility index (Phi) is 4.54. The number of aromatic nitrogens is 1. The number of carbonyl (C=O) groups is 1. The monoisotopic (exact) mass is 369 g/mol. The highest BCUT2D eigenvalue weighted by molar-refractivity contribution is 9.10. The molecule has 8 heteroatoms. The summed E-state index contributed by atoms with van der Waals surface area (Å²) in [6, 6.07) is 7.09. The Morgan fingerprint density at radius 1 is 1.38 bits per heavy atom. The third-order valence-corrected chi connectivity index (χ3v) is 3.32. The summed E-state index contributed by atoms with van der Waals surface area (Å²) in [6.07, 6.45) is 0. The quantitative estimate of drug-likeness (QED) is 0.503. The van der Waals surface area contributed by atoms with E-state index in [1.165, 1.54) is 18.2 Å². The van der Waals surface area contributed by atoms with Crippen LogP contribution in [0.5, 0.6) is 0 Å². The first kappa shape index (κ1) is 15.4. The topological polar surface area (TPSA) is 85.1 Å². The van der Waals surface area contributed by atoms with Gasteiger partial charge in [0.25, 0.3) is 11.6 Å². The number of carbonyl (C=O) groups excluding carboxylic acids is 1. The van der Waals surface area contributed by atoms with Crippen molar-refractivity contribution in [1.82, 2.24) is 4.98 Å². The molecule has 0 spiro atoms. The molecule has 6 nitrogen and oxygen atoms in total. The van der Waals surface area contributed by atoms with Gasteiger partial charge in [-0.25, -0.2) is 4.98 Å². The van der Waals surface area contributed by atoms with Gasteiger partial charge in [0.05, 0.1) is 16.3 Å². The number of rotatable bonds is 3. The molecule has 2 aromatic rings. The Hall–Kier alpha value is -1.99. The molecule has 0 bridgehead atoms. The van der Waals surface area contributed by atoms with Crippen molar-refractivity contribution in [3.05, 3.63) is 61.3 Å². The van der Waals surface area contributed by atoms with E-state index in [0.29, 0.717) is 16.0 Å². The van der Waals surface area contributed by atoms with Crippen LogP contribution in [0.15, 0.2) is 34.9 Å². The molecule has 0 fully saturated rings. The van der Waals surface area contributed by atoms with E-state index in [-0.39, 0.29) is 16.3 Å². The van der Waals surface area contributed by atoms with Gasteiger partial charge in [0, 0.05) is 22.7 Å². The molecule has 0 unspecified atom stereocenters. The molecule has 21 heavy (non-hydrogen) atoms. The maximum atomic E-state index is 12.1. The smallest absolute Gasteiger partial charge is 0.271 e. The summed E-state index contributed by atoms with van der Waals surface area (Å²) in [4.78, 5) is 26.5. The minimum atomic E-state index is -0.602. The van der Waals surface area contributed by atoms with Crippen molar-refractivity contribution in [3.63, 3.8) is 0 Å². The predicted molar refractivity (Wildman–Crippen MR) is 82.7 cm³/mol. The van der Waals surface area contributed by atoms with Crippen LogP contribution >= 0.6 is 27.5 Å². The van der Waals surface area contributed by atoms with Gasteiger partial charge in [-0.2, -0.15) is 0 Å². The van der Waals surface area contributed by atoms with E-state index in [1.807, 2.05) is 0 Å². The number of aryl methyl sites for hydroxylation is 1. The van der Waals surface area contributed by atoms with Gasteiger partial charge >= 0.3 is 0 Å². The number of non-ortho nitro benzene ring substituents is 1. The summed E-state index contributed by atoms with van der Waals surface area (Å²) < 4.78 is 0.649.